The second kappa shape index (κ2) is 6.38. The second-order valence-electron chi connectivity index (χ2n) is 3.91. The third kappa shape index (κ3) is 3.58. The quantitative estimate of drug-likeness (QED) is 0.803. The molecular formula is C15H13BrO3. The zero-order chi connectivity index (χ0) is 13.7. The summed E-state index contributed by atoms with van der Waals surface area (Å²) < 4.78 is 11.3. The summed E-state index contributed by atoms with van der Waals surface area (Å²) in [5, 5.41) is 0. The Hall–Kier alpha value is -1.81. The van der Waals surface area contributed by atoms with Crippen LogP contribution < -0.4 is 4.74 Å². The van der Waals surface area contributed by atoms with E-state index in [-0.39, 0.29) is 6.61 Å². The molecule has 3 nitrogen and oxygen atoms in total. The molecule has 4 heteroatoms. The van der Waals surface area contributed by atoms with Crippen LogP contribution in [0.2, 0.25) is 0 Å². The van der Waals surface area contributed by atoms with Crippen LogP contribution in [0.4, 0.5) is 0 Å². The molecule has 0 amide bonds. The molecule has 0 spiro atoms. The minimum atomic E-state index is -0.395. The maximum Gasteiger partial charge on any atom is 0.342 e. The highest BCUT2D eigenvalue weighted by atomic mass is 79.9. The smallest absolute Gasteiger partial charge is 0.342 e. The number of methoxy groups -OCH3 is 1. The van der Waals surface area contributed by atoms with E-state index in [1.165, 1.54) is 7.11 Å². The van der Waals surface area contributed by atoms with Crippen LogP contribution >= 0.6 is 15.9 Å². The Morgan fingerprint density at radius 1 is 1.16 bits per heavy atom. The lowest BCUT2D eigenvalue weighted by molar-refractivity contribution is 0.0469. The molecule has 0 fully saturated rings. The zero-order valence-corrected chi connectivity index (χ0v) is 12.0. The summed E-state index contributed by atoms with van der Waals surface area (Å²) >= 11 is 3.33. The Balaban J connectivity index is 2.08. The fraction of sp³-hybridized carbons (Fsp3) is 0.133. The predicted molar refractivity (Wildman–Crippen MR) is 76.3 cm³/mol. The van der Waals surface area contributed by atoms with Gasteiger partial charge in [0, 0.05) is 4.47 Å². The van der Waals surface area contributed by atoms with Crippen LogP contribution in [0.3, 0.4) is 0 Å². The molecule has 0 saturated carbocycles. The number of hydrogen-bond donors (Lipinski definition) is 0. The van der Waals surface area contributed by atoms with Crippen molar-refractivity contribution >= 4 is 21.9 Å². The molecule has 0 radical (unpaired) electrons. The SMILES string of the molecule is COc1cc(Br)ccc1C(=O)OCc1ccccc1. The topological polar surface area (TPSA) is 35.5 Å². The molecule has 0 unspecified atom stereocenters. The van der Waals surface area contributed by atoms with Gasteiger partial charge in [0.2, 0.25) is 0 Å². The highest BCUT2D eigenvalue weighted by Gasteiger charge is 2.14. The van der Waals surface area contributed by atoms with Crippen LogP contribution in [0.15, 0.2) is 53.0 Å². The molecule has 0 N–H and O–H groups in total. The molecule has 0 saturated heterocycles. The summed E-state index contributed by atoms with van der Waals surface area (Å²) in [5.74, 6) is 0.0978. The second-order valence-corrected chi connectivity index (χ2v) is 4.82. The van der Waals surface area contributed by atoms with Crippen LogP contribution in [0.1, 0.15) is 15.9 Å². The number of ether oxygens (including phenoxy) is 2. The molecule has 0 aliphatic heterocycles. The van der Waals surface area contributed by atoms with Gasteiger partial charge < -0.3 is 9.47 Å². The lowest BCUT2D eigenvalue weighted by Gasteiger charge is -2.09. The van der Waals surface area contributed by atoms with Crippen molar-refractivity contribution in [1.82, 2.24) is 0 Å². The van der Waals surface area contributed by atoms with Crippen molar-refractivity contribution < 1.29 is 14.3 Å². The van der Waals surface area contributed by atoms with Crippen LogP contribution in [-0.2, 0) is 11.3 Å². The summed E-state index contributed by atoms with van der Waals surface area (Å²) in [6.45, 7) is 0.249. The van der Waals surface area contributed by atoms with Crippen molar-refractivity contribution in [3.05, 3.63) is 64.1 Å². The number of carbonyl (C=O) groups is 1. The van der Waals surface area contributed by atoms with Gasteiger partial charge in [0.25, 0.3) is 0 Å². The predicted octanol–water partition coefficient (Wildman–Crippen LogP) is 3.81. The Morgan fingerprint density at radius 2 is 1.89 bits per heavy atom. The van der Waals surface area contributed by atoms with Crippen LogP contribution in [0, 0.1) is 0 Å². The third-order valence-corrected chi connectivity index (χ3v) is 3.09. The van der Waals surface area contributed by atoms with Gasteiger partial charge in [-0.2, -0.15) is 0 Å². The van der Waals surface area contributed by atoms with E-state index in [0.717, 1.165) is 10.0 Å². The Morgan fingerprint density at radius 3 is 2.58 bits per heavy atom. The zero-order valence-electron chi connectivity index (χ0n) is 10.4. The van der Waals surface area contributed by atoms with Gasteiger partial charge in [-0.05, 0) is 23.8 Å². The lowest BCUT2D eigenvalue weighted by atomic mass is 10.2. The summed E-state index contributed by atoms with van der Waals surface area (Å²) in [4.78, 5) is 12.0. The van der Waals surface area contributed by atoms with Gasteiger partial charge in [0.05, 0.1) is 7.11 Å². The van der Waals surface area contributed by atoms with E-state index in [1.54, 1.807) is 18.2 Å². The van der Waals surface area contributed by atoms with Crippen molar-refractivity contribution in [2.75, 3.05) is 7.11 Å². The van der Waals surface area contributed by atoms with E-state index in [2.05, 4.69) is 15.9 Å². The van der Waals surface area contributed by atoms with Gasteiger partial charge in [0.1, 0.15) is 17.9 Å². The molecule has 0 aliphatic carbocycles. The summed E-state index contributed by atoms with van der Waals surface area (Å²) in [6, 6.07) is 14.7. The van der Waals surface area contributed by atoms with Crippen molar-refractivity contribution in [3.8, 4) is 5.75 Å². The van der Waals surface area contributed by atoms with E-state index in [9.17, 15) is 4.79 Å². The molecule has 0 bridgehead atoms. The molecule has 2 aromatic rings. The molecule has 0 aliphatic rings. The van der Waals surface area contributed by atoms with Gasteiger partial charge >= 0.3 is 5.97 Å². The first-order valence-corrected chi connectivity index (χ1v) is 6.54. The number of hydrogen-bond acceptors (Lipinski definition) is 3. The number of esters is 1. The van der Waals surface area contributed by atoms with Crippen molar-refractivity contribution in [2.24, 2.45) is 0 Å². The van der Waals surface area contributed by atoms with Gasteiger partial charge in [-0.3, -0.25) is 0 Å². The van der Waals surface area contributed by atoms with Gasteiger partial charge in [-0.25, -0.2) is 4.79 Å². The Labute approximate surface area is 120 Å². The highest BCUT2D eigenvalue weighted by molar-refractivity contribution is 9.10. The maximum absolute atomic E-state index is 12.0. The van der Waals surface area contributed by atoms with Crippen molar-refractivity contribution in [2.45, 2.75) is 6.61 Å². The minimum absolute atomic E-state index is 0.249. The van der Waals surface area contributed by atoms with E-state index in [1.807, 2.05) is 30.3 Å². The molecule has 0 aromatic heterocycles. The van der Waals surface area contributed by atoms with E-state index in [0.29, 0.717) is 11.3 Å². The fourth-order valence-corrected chi connectivity index (χ4v) is 1.97. The fourth-order valence-electron chi connectivity index (χ4n) is 1.63. The number of carbonyl (C=O) groups excluding carboxylic acids is 1. The molecule has 2 rings (SSSR count). The van der Waals surface area contributed by atoms with E-state index < -0.39 is 5.97 Å². The molecular weight excluding hydrogens is 308 g/mol. The average Bonchev–Trinajstić information content (AvgIpc) is 2.45. The first-order valence-electron chi connectivity index (χ1n) is 5.75. The van der Waals surface area contributed by atoms with Crippen molar-refractivity contribution in [1.29, 1.82) is 0 Å². The van der Waals surface area contributed by atoms with Crippen molar-refractivity contribution in [3.63, 3.8) is 0 Å². The monoisotopic (exact) mass is 320 g/mol. The number of benzene rings is 2. The number of halogens is 1. The van der Waals surface area contributed by atoms with E-state index >= 15 is 0 Å². The minimum Gasteiger partial charge on any atom is -0.496 e. The largest absolute Gasteiger partial charge is 0.496 e. The summed E-state index contributed by atoms with van der Waals surface area (Å²) in [6.07, 6.45) is 0. The van der Waals surface area contributed by atoms with E-state index in [4.69, 9.17) is 9.47 Å². The Kier molecular flexibility index (Phi) is 4.58. The van der Waals surface area contributed by atoms with Gasteiger partial charge in [0.15, 0.2) is 0 Å². The van der Waals surface area contributed by atoms with Crippen LogP contribution in [0.25, 0.3) is 0 Å². The number of rotatable bonds is 4. The molecule has 98 valence electrons. The lowest BCUT2D eigenvalue weighted by Crippen LogP contribution is -2.07. The first kappa shape index (κ1) is 13.6. The third-order valence-electron chi connectivity index (χ3n) is 2.60. The maximum atomic E-state index is 12.0. The Bertz CT molecular complexity index is 567. The molecule has 0 atom stereocenters. The average molecular weight is 321 g/mol. The molecule has 2 aromatic carbocycles. The normalized spacial score (nSPS) is 10.0. The first-order chi connectivity index (χ1) is 9.20. The molecule has 0 heterocycles. The van der Waals surface area contributed by atoms with Crippen LogP contribution in [0.5, 0.6) is 5.75 Å². The summed E-state index contributed by atoms with van der Waals surface area (Å²) in [5.41, 5.74) is 1.37. The highest BCUT2D eigenvalue weighted by Crippen LogP contribution is 2.24. The summed E-state index contributed by atoms with van der Waals surface area (Å²) in [7, 11) is 1.52. The van der Waals surface area contributed by atoms with Gasteiger partial charge in [-0.15, -0.1) is 0 Å². The standard InChI is InChI=1S/C15H13BrO3/c1-18-14-9-12(16)7-8-13(14)15(17)19-10-11-5-3-2-4-6-11/h2-9H,10H2,1H3. The molecule has 19 heavy (non-hydrogen) atoms. The van der Waals surface area contributed by atoms with Crippen LogP contribution in [-0.4, -0.2) is 13.1 Å². The van der Waals surface area contributed by atoms with Gasteiger partial charge in [-0.1, -0.05) is 46.3 Å².